The number of aryl methyl sites for hydroxylation is 1. The topological polar surface area (TPSA) is 98.5 Å². The number of benzene rings is 1. The van der Waals surface area contributed by atoms with Crippen molar-refractivity contribution in [3.63, 3.8) is 0 Å². The largest absolute Gasteiger partial charge is 0.508 e. The van der Waals surface area contributed by atoms with Gasteiger partial charge in [0.25, 0.3) is 0 Å². The number of aromatic hydroxyl groups is 1. The van der Waals surface area contributed by atoms with E-state index in [1.54, 1.807) is 18.3 Å². The van der Waals surface area contributed by atoms with Crippen LogP contribution < -0.4 is 5.32 Å². The van der Waals surface area contributed by atoms with E-state index in [4.69, 9.17) is 14.5 Å². The Morgan fingerprint density at radius 2 is 2.03 bits per heavy atom. The highest BCUT2D eigenvalue weighted by atomic mass is 16.6. The van der Waals surface area contributed by atoms with Crippen molar-refractivity contribution >= 4 is 28.0 Å². The van der Waals surface area contributed by atoms with E-state index in [1.807, 2.05) is 33.8 Å². The van der Waals surface area contributed by atoms with Gasteiger partial charge in [0, 0.05) is 31.1 Å². The molecule has 8 nitrogen and oxygen atoms in total. The molecule has 0 saturated carbocycles. The lowest BCUT2D eigenvalue weighted by Gasteiger charge is -2.19. The Kier molecular flexibility index (Phi) is 6.77. The fourth-order valence-electron chi connectivity index (χ4n) is 3.29. The highest BCUT2D eigenvalue weighted by Gasteiger charge is 2.16. The molecule has 0 saturated heterocycles. The van der Waals surface area contributed by atoms with Crippen LogP contribution in [0.3, 0.4) is 0 Å². The van der Waals surface area contributed by atoms with Crippen LogP contribution >= 0.6 is 0 Å². The van der Waals surface area contributed by atoms with Gasteiger partial charge in [0.05, 0.1) is 17.2 Å². The van der Waals surface area contributed by atoms with E-state index in [0.29, 0.717) is 19.8 Å². The predicted octanol–water partition coefficient (Wildman–Crippen LogP) is 4.13. The Labute approximate surface area is 176 Å². The van der Waals surface area contributed by atoms with Crippen molar-refractivity contribution in [2.45, 2.75) is 59.3 Å². The number of ether oxygens (including phenoxy) is 2. The number of fused-ring (bicyclic) bond motifs is 3. The highest BCUT2D eigenvalue weighted by Crippen LogP contribution is 2.27. The van der Waals surface area contributed by atoms with Crippen molar-refractivity contribution in [3.05, 3.63) is 30.2 Å². The van der Waals surface area contributed by atoms with Gasteiger partial charge in [0.15, 0.2) is 0 Å². The minimum Gasteiger partial charge on any atom is -0.508 e. The second-order valence-electron chi connectivity index (χ2n) is 8.15. The maximum Gasteiger partial charge on any atom is 0.407 e. The van der Waals surface area contributed by atoms with Gasteiger partial charge in [-0.2, -0.15) is 0 Å². The first-order chi connectivity index (χ1) is 14.3. The number of phenolic OH excluding ortho intramolecular Hbond substituents is 1. The fraction of sp³-hybridized carbons (Fsp3) is 0.500. The van der Waals surface area contributed by atoms with Crippen molar-refractivity contribution in [3.8, 4) is 5.75 Å². The summed E-state index contributed by atoms with van der Waals surface area (Å²) in [5, 5.41) is 13.5. The lowest BCUT2D eigenvalue weighted by Crippen LogP contribution is -2.33. The first-order valence-electron chi connectivity index (χ1n) is 10.3. The van der Waals surface area contributed by atoms with Crippen LogP contribution in [0.1, 0.15) is 46.4 Å². The number of aromatic nitrogens is 3. The van der Waals surface area contributed by atoms with Crippen molar-refractivity contribution < 1.29 is 19.4 Å². The van der Waals surface area contributed by atoms with E-state index in [0.717, 1.165) is 47.1 Å². The molecule has 3 aromatic rings. The number of carbonyl (C=O) groups is 1. The standard InChI is InChI=1S/C22H30N4O4/c1-5-29-14-19-25-18-13-24-17-12-15(27)8-9-16(17)20(18)26(19)11-7-6-10-23-21(28)30-22(2,3)4/h8-9,12-13,27H,5-7,10-11,14H2,1-4H3,(H,23,28). The van der Waals surface area contributed by atoms with E-state index in [9.17, 15) is 9.90 Å². The average molecular weight is 415 g/mol. The van der Waals surface area contributed by atoms with Crippen LogP contribution in [-0.2, 0) is 22.6 Å². The lowest BCUT2D eigenvalue weighted by molar-refractivity contribution is 0.0527. The second kappa shape index (κ2) is 9.30. The highest BCUT2D eigenvalue weighted by molar-refractivity contribution is 6.02. The molecule has 1 aromatic carbocycles. The molecule has 1 amide bonds. The number of nitrogens with zero attached hydrogens (tertiary/aromatic N) is 3. The number of imidazole rings is 1. The summed E-state index contributed by atoms with van der Waals surface area (Å²) in [6.45, 7) is 9.78. The van der Waals surface area contributed by atoms with E-state index in [2.05, 4.69) is 14.9 Å². The predicted molar refractivity (Wildman–Crippen MR) is 115 cm³/mol. The van der Waals surface area contributed by atoms with E-state index >= 15 is 0 Å². The molecule has 0 aliphatic rings. The van der Waals surface area contributed by atoms with E-state index in [1.165, 1.54) is 0 Å². The second-order valence-corrected chi connectivity index (χ2v) is 8.15. The first-order valence-corrected chi connectivity index (χ1v) is 10.3. The molecule has 2 aromatic heterocycles. The summed E-state index contributed by atoms with van der Waals surface area (Å²) in [6, 6.07) is 5.18. The number of pyridine rings is 1. The maximum absolute atomic E-state index is 11.8. The zero-order valence-electron chi connectivity index (χ0n) is 18.1. The van der Waals surface area contributed by atoms with Crippen LogP contribution in [0, 0.1) is 0 Å². The third-order valence-corrected chi connectivity index (χ3v) is 4.55. The number of hydrogen-bond acceptors (Lipinski definition) is 6. The molecule has 0 bridgehead atoms. The number of rotatable bonds is 8. The number of carbonyl (C=O) groups excluding carboxylic acids is 1. The molecule has 2 N–H and O–H groups in total. The number of phenols is 1. The smallest absolute Gasteiger partial charge is 0.407 e. The Balaban J connectivity index is 1.75. The lowest BCUT2D eigenvalue weighted by atomic mass is 10.2. The van der Waals surface area contributed by atoms with Crippen molar-refractivity contribution in [1.29, 1.82) is 0 Å². The van der Waals surface area contributed by atoms with Gasteiger partial charge in [-0.3, -0.25) is 4.98 Å². The van der Waals surface area contributed by atoms with Crippen LogP contribution in [0.4, 0.5) is 4.79 Å². The van der Waals surface area contributed by atoms with Crippen LogP contribution in [0.5, 0.6) is 5.75 Å². The fourth-order valence-corrected chi connectivity index (χ4v) is 3.29. The molecule has 8 heteroatoms. The van der Waals surface area contributed by atoms with Crippen LogP contribution in [-0.4, -0.2) is 44.5 Å². The summed E-state index contributed by atoms with van der Waals surface area (Å²) in [5.74, 6) is 1.03. The van der Waals surface area contributed by atoms with Crippen LogP contribution in [0.2, 0.25) is 0 Å². The summed E-state index contributed by atoms with van der Waals surface area (Å²) in [5.41, 5.74) is 2.00. The molecule has 0 radical (unpaired) electrons. The van der Waals surface area contributed by atoms with Gasteiger partial charge in [-0.05, 0) is 52.7 Å². The summed E-state index contributed by atoms with van der Waals surface area (Å²) >= 11 is 0. The molecule has 0 aliphatic heterocycles. The van der Waals surface area contributed by atoms with Crippen molar-refractivity contribution in [2.24, 2.45) is 0 Å². The van der Waals surface area contributed by atoms with Crippen molar-refractivity contribution in [2.75, 3.05) is 13.2 Å². The molecule has 0 spiro atoms. The molecule has 0 fully saturated rings. The number of hydrogen-bond donors (Lipinski definition) is 2. The van der Waals surface area contributed by atoms with E-state index < -0.39 is 11.7 Å². The Hall–Kier alpha value is -2.87. The first kappa shape index (κ1) is 21.8. The Morgan fingerprint density at radius 3 is 2.77 bits per heavy atom. The van der Waals surface area contributed by atoms with E-state index in [-0.39, 0.29) is 5.75 Å². The summed E-state index contributed by atoms with van der Waals surface area (Å²) in [6.07, 6.45) is 2.98. The number of unbranched alkanes of at least 4 members (excludes halogenated alkanes) is 1. The molecular weight excluding hydrogens is 384 g/mol. The molecule has 2 heterocycles. The van der Waals surface area contributed by atoms with Gasteiger partial charge >= 0.3 is 6.09 Å². The van der Waals surface area contributed by atoms with Crippen LogP contribution in [0.15, 0.2) is 24.4 Å². The number of alkyl carbamates (subject to hydrolysis) is 1. The number of amides is 1. The van der Waals surface area contributed by atoms with Gasteiger partial charge in [-0.15, -0.1) is 0 Å². The maximum atomic E-state index is 11.8. The van der Waals surface area contributed by atoms with Gasteiger partial charge in [0.1, 0.15) is 29.3 Å². The van der Waals surface area contributed by atoms with Gasteiger partial charge in [0.2, 0.25) is 0 Å². The van der Waals surface area contributed by atoms with Crippen LogP contribution in [0.25, 0.3) is 21.9 Å². The summed E-state index contributed by atoms with van der Waals surface area (Å²) in [7, 11) is 0. The average Bonchev–Trinajstić information content (AvgIpc) is 3.02. The molecule has 30 heavy (non-hydrogen) atoms. The normalized spacial score (nSPS) is 11.9. The quantitative estimate of drug-likeness (QED) is 0.538. The molecule has 0 aliphatic carbocycles. The molecule has 0 unspecified atom stereocenters. The Morgan fingerprint density at radius 1 is 1.23 bits per heavy atom. The van der Waals surface area contributed by atoms with Gasteiger partial charge in [-0.1, -0.05) is 0 Å². The zero-order chi connectivity index (χ0) is 21.7. The molecule has 0 atom stereocenters. The third kappa shape index (κ3) is 5.38. The SMILES string of the molecule is CCOCc1nc2cnc3cc(O)ccc3c2n1CCCCNC(=O)OC(C)(C)C. The van der Waals surface area contributed by atoms with Gasteiger partial charge in [-0.25, -0.2) is 9.78 Å². The molecule has 162 valence electrons. The summed E-state index contributed by atoms with van der Waals surface area (Å²) in [4.78, 5) is 20.9. The molecule has 3 rings (SSSR count). The monoisotopic (exact) mass is 414 g/mol. The van der Waals surface area contributed by atoms with Crippen molar-refractivity contribution in [1.82, 2.24) is 19.9 Å². The minimum atomic E-state index is -0.502. The third-order valence-electron chi connectivity index (χ3n) is 4.55. The minimum absolute atomic E-state index is 0.183. The summed E-state index contributed by atoms with van der Waals surface area (Å²) < 4.78 is 13.0. The molecular formula is C22H30N4O4. The number of nitrogens with one attached hydrogen (secondary N) is 1. The zero-order valence-corrected chi connectivity index (χ0v) is 18.1. The Bertz CT molecular complexity index is 1020. The van der Waals surface area contributed by atoms with Gasteiger partial charge < -0.3 is 24.5 Å².